The maximum Gasteiger partial charge on any atom is 0.251 e. The van der Waals surface area contributed by atoms with Crippen LogP contribution < -0.4 is 14.8 Å². The Morgan fingerprint density at radius 2 is 1.19 bits per heavy atom. The van der Waals surface area contributed by atoms with Gasteiger partial charge in [-0.3, -0.25) is 4.79 Å². The van der Waals surface area contributed by atoms with Crippen molar-refractivity contribution in [2.75, 3.05) is 6.54 Å². The number of nitrogens with one attached hydrogen (secondary N) is 1. The number of amides is 1. The van der Waals surface area contributed by atoms with Crippen LogP contribution >= 0.6 is 15.9 Å². The van der Waals surface area contributed by atoms with Crippen LogP contribution in [0.5, 0.6) is 23.0 Å². The molecule has 1 amide bonds. The van der Waals surface area contributed by atoms with E-state index in [4.69, 9.17) is 9.47 Å². The lowest BCUT2D eigenvalue weighted by Gasteiger charge is -2.17. The quantitative estimate of drug-likeness (QED) is 0.137. The highest BCUT2D eigenvalue weighted by Crippen LogP contribution is 2.24. The lowest BCUT2D eigenvalue weighted by molar-refractivity contribution is -0.108. The van der Waals surface area contributed by atoms with Gasteiger partial charge in [0.25, 0.3) is 5.91 Å². The van der Waals surface area contributed by atoms with Crippen molar-refractivity contribution in [3.8, 4) is 23.0 Å². The summed E-state index contributed by atoms with van der Waals surface area (Å²) in [6.07, 6.45) is 0.704. The minimum atomic E-state index is -0.148. The smallest absolute Gasteiger partial charge is 0.251 e. The molecule has 2 N–H and O–H groups in total. The summed E-state index contributed by atoms with van der Waals surface area (Å²) in [5, 5.41) is 14.8. The monoisotopic (exact) mass is 622 g/mol. The summed E-state index contributed by atoms with van der Waals surface area (Å²) in [6, 6.07) is 40.1. The summed E-state index contributed by atoms with van der Waals surface area (Å²) in [6.45, 7) is 1.16. The molecule has 0 radical (unpaired) electrons. The van der Waals surface area contributed by atoms with Gasteiger partial charge in [-0.2, -0.15) is 5.06 Å². The molecule has 0 spiro atoms. The van der Waals surface area contributed by atoms with Gasteiger partial charge in [0.15, 0.2) is 0 Å². The van der Waals surface area contributed by atoms with Crippen molar-refractivity contribution < 1.29 is 19.5 Å². The van der Waals surface area contributed by atoms with Gasteiger partial charge in [-0.1, -0.05) is 82.7 Å². The number of ether oxygens (including phenoxy) is 2. The SMILES string of the molecule is O=C(NCCc1ccc(Oc2ccccc2)cc1)c1ccc(CN(O)Cc2ccc(Oc3ccccc3)cc2)c(Br)c1. The van der Waals surface area contributed by atoms with Gasteiger partial charge in [0.05, 0.1) is 6.54 Å². The Morgan fingerprint density at radius 1 is 0.667 bits per heavy atom. The molecule has 5 aromatic carbocycles. The number of hydrogen-bond donors (Lipinski definition) is 2. The summed E-state index contributed by atoms with van der Waals surface area (Å²) in [7, 11) is 0. The van der Waals surface area contributed by atoms with E-state index < -0.39 is 0 Å². The summed E-state index contributed by atoms with van der Waals surface area (Å²) < 4.78 is 12.4. The van der Waals surface area contributed by atoms with E-state index in [2.05, 4.69) is 21.2 Å². The zero-order valence-corrected chi connectivity index (χ0v) is 24.5. The van der Waals surface area contributed by atoms with E-state index in [9.17, 15) is 10.0 Å². The summed E-state index contributed by atoms with van der Waals surface area (Å²) in [5.74, 6) is 2.92. The third-order valence-electron chi connectivity index (χ3n) is 6.54. The normalized spacial score (nSPS) is 10.8. The van der Waals surface area contributed by atoms with E-state index in [1.165, 1.54) is 5.06 Å². The molecule has 212 valence electrons. The molecule has 0 aliphatic rings. The van der Waals surface area contributed by atoms with Crippen LogP contribution in [-0.2, 0) is 19.5 Å². The predicted octanol–water partition coefficient (Wildman–Crippen LogP) is 8.40. The summed E-state index contributed by atoms with van der Waals surface area (Å²) in [5.41, 5.74) is 3.48. The summed E-state index contributed by atoms with van der Waals surface area (Å²) in [4.78, 5) is 12.7. The molecule has 0 aliphatic heterocycles. The topological polar surface area (TPSA) is 71.0 Å². The zero-order chi connectivity index (χ0) is 29.1. The first-order valence-corrected chi connectivity index (χ1v) is 14.5. The zero-order valence-electron chi connectivity index (χ0n) is 22.9. The molecule has 0 aromatic heterocycles. The van der Waals surface area contributed by atoms with Crippen molar-refractivity contribution in [3.05, 3.63) is 154 Å². The van der Waals surface area contributed by atoms with Crippen molar-refractivity contribution >= 4 is 21.8 Å². The Morgan fingerprint density at radius 3 is 1.74 bits per heavy atom. The van der Waals surface area contributed by atoms with Gasteiger partial charge in [-0.25, -0.2) is 0 Å². The van der Waals surface area contributed by atoms with Crippen LogP contribution in [0.4, 0.5) is 0 Å². The highest BCUT2D eigenvalue weighted by Gasteiger charge is 2.12. The first kappa shape index (κ1) is 29.1. The van der Waals surface area contributed by atoms with Crippen LogP contribution in [0, 0.1) is 0 Å². The molecule has 42 heavy (non-hydrogen) atoms. The molecule has 0 saturated carbocycles. The number of hydroxylamine groups is 2. The molecule has 0 heterocycles. The fourth-order valence-corrected chi connectivity index (χ4v) is 4.84. The minimum Gasteiger partial charge on any atom is -0.457 e. The number of rotatable bonds is 12. The van der Waals surface area contributed by atoms with E-state index in [-0.39, 0.29) is 5.91 Å². The van der Waals surface area contributed by atoms with Crippen molar-refractivity contribution in [2.24, 2.45) is 0 Å². The van der Waals surface area contributed by atoms with E-state index in [0.29, 0.717) is 31.6 Å². The second-order valence-corrected chi connectivity index (χ2v) is 10.6. The van der Waals surface area contributed by atoms with Crippen molar-refractivity contribution in [2.45, 2.75) is 19.5 Å². The molecule has 5 rings (SSSR count). The van der Waals surface area contributed by atoms with Crippen molar-refractivity contribution in [1.82, 2.24) is 10.4 Å². The van der Waals surface area contributed by atoms with Crippen LogP contribution in [0.3, 0.4) is 0 Å². The first-order valence-electron chi connectivity index (χ1n) is 13.7. The molecule has 0 aliphatic carbocycles. The lowest BCUT2D eigenvalue weighted by Crippen LogP contribution is -2.25. The Balaban J connectivity index is 1.07. The maximum atomic E-state index is 12.7. The molecule has 5 aromatic rings. The summed E-state index contributed by atoms with van der Waals surface area (Å²) >= 11 is 3.56. The average Bonchev–Trinajstić information content (AvgIpc) is 3.01. The van der Waals surface area contributed by atoms with Crippen LogP contribution in [0.15, 0.2) is 132 Å². The van der Waals surface area contributed by atoms with Crippen LogP contribution in [0.1, 0.15) is 27.0 Å². The predicted molar refractivity (Wildman–Crippen MR) is 167 cm³/mol. The first-order chi connectivity index (χ1) is 20.5. The van der Waals surface area contributed by atoms with Gasteiger partial charge in [0.2, 0.25) is 0 Å². The van der Waals surface area contributed by atoms with Gasteiger partial charge in [0, 0.05) is 23.1 Å². The van der Waals surface area contributed by atoms with E-state index in [1.807, 2.05) is 115 Å². The number of halogens is 1. The second-order valence-electron chi connectivity index (χ2n) is 9.75. The van der Waals surface area contributed by atoms with Crippen LogP contribution in [-0.4, -0.2) is 22.7 Å². The lowest BCUT2D eigenvalue weighted by atomic mass is 10.1. The minimum absolute atomic E-state index is 0.148. The largest absolute Gasteiger partial charge is 0.457 e. The molecular formula is C35H31BrN2O4. The Labute approximate surface area is 254 Å². The van der Waals surface area contributed by atoms with E-state index in [1.54, 1.807) is 12.1 Å². The molecule has 0 fully saturated rings. The standard InChI is InChI=1S/C35H31BrN2O4/c36-34-23-28(35(39)37-22-21-26-11-17-32(18-12-26)41-30-7-3-1-4-8-30)15-16-29(34)25-38(40)24-27-13-19-33(20-14-27)42-31-9-5-2-6-10-31/h1-20,23,40H,21-22,24-25H2,(H,37,39). The number of carbonyl (C=O) groups excluding carboxylic acids is 1. The highest BCUT2D eigenvalue weighted by atomic mass is 79.9. The highest BCUT2D eigenvalue weighted by molar-refractivity contribution is 9.10. The Hall–Kier alpha value is -4.43. The molecule has 0 bridgehead atoms. The van der Waals surface area contributed by atoms with Crippen LogP contribution in [0.25, 0.3) is 0 Å². The van der Waals surface area contributed by atoms with Gasteiger partial charge >= 0.3 is 0 Å². The Kier molecular flexibility index (Phi) is 10.0. The van der Waals surface area contributed by atoms with Gasteiger partial charge in [-0.15, -0.1) is 0 Å². The van der Waals surface area contributed by atoms with Gasteiger partial charge in [0.1, 0.15) is 23.0 Å². The Bertz CT molecular complexity index is 1580. The molecule has 7 heteroatoms. The van der Waals surface area contributed by atoms with Crippen LogP contribution in [0.2, 0.25) is 0 Å². The number of hydrogen-bond acceptors (Lipinski definition) is 5. The third-order valence-corrected chi connectivity index (χ3v) is 7.28. The maximum absolute atomic E-state index is 12.7. The molecule has 0 atom stereocenters. The van der Waals surface area contributed by atoms with Crippen molar-refractivity contribution in [3.63, 3.8) is 0 Å². The molecule has 6 nitrogen and oxygen atoms in total. The fourth-order valence-electron chi connectivity index (χ4n) is 4.34. The fraction of sp³-hybridized carbons (Fsp3) is 0.114. The number of carbonyl (C=O) groups is 1. The molecule has 0 saturated heterocycles. The second kappa shape index (κ2) is 14.5. The van der Waals surface area contributed by atoms with Gasteiger partial charge in [-0.05, 0) is 83.8 Å². The van der Waals surface area contributed by atoms with E-state index in [0.717, 1.165) is 44.2 Å². The van der Waals surface area contributed by atoms with E-state index >= 15 is 0 Å². The van der Waals surface area contributed by atoms with Crippen molar-refractivity contribution in [1.29, 1.82) is 0 Å². The number of nitrogens with zero attached hydrogens (tertiary/aromatic N) is 1. The number of para-hydroxylation sites is 2. The molecular weight excluding hydrogens is 592 g/mol. The average molecular weight is 624 g/mol. The number of benzene rings is 5. The third kappa shape index (κ3) is 8.54. The van der Waals surface area contributed by atoms with Gasteiger partial charge < -0.3 is 20.0 Å². The molecule has 0 unspecified atom stereocenters.